The van der Waals surface area contributed by atoms with Crippen LogP contribution in [-0.2, 0) is 10.0 Å². The maximum atomic E-state index is 12.2. The van der Waals surface area contributed by atoms with Crippen molar-refractivity contribution in [2.24, 2.45) is 0 Å². The van der Waals surface area contributed by atoms with Crippen LogP contribution in [0.1, 0.15) is 25.7 Å². The van der Waals surface area contributed by atoms with E-state index in [9.17, 15) is 8.42 Å². The van der Waals surface area contributed by atoms with Crippen molar-refractivity contribution in [2.75, 3.05) is 31.9 Å². The normalized spacial score (nSPS) is 17.6. The van der Waals surface area contributed by atoms with Crippen LogP contribution >= 0.6 is 11.6 Å². The van der Waals surface area contributed by atoms with Gasteiger partial charge in [0.25, 0.3) is 0 Å². The number of nitrogens with one attached hydrogen (secondary N) is 1. The molecule has 1 fully saturated rings. The molecule has 0 saturated carbocycles. The molecular weight excluding hydrogens is 310 g/mol. The lowest BCUT2D eigenvalue weighted by molar-refractivity contribution is 0.290. The number of nitrogen functional groups attached to an aromatic ring is 1. The number of anilines is 1. The third kappa shape index (κ3) is 4.85. The van der Waals surface area contributed by atoms with Crippen LogP contribution in [0.2, 0.25) is 5.02 Å². The van der Waals surface area contributed by atoms with E-state index in [0.29, 0.717) is 11.6 Å². The number of nitrogens with zero attached hydrogens (tertiary/aromatic N) is 1. The van der Waals surface area contributed by atoms with Gasteiger partial charge in [0.15, 0.2) is 0 Å². The molecule has 0 bridgehead atoms. The highest BCUT2D eigenvalue weighted by molar-refractivity contribution is 7.89. The molecule has 0 amide bonds. The van der Waals surface area contributed by atoms with E-state index < -0.39 is 10.0 Å². The summed E-state index contributed by atoms with van der Waals surface area (Å²) in [4.78, 5) is 2.46. The van der Waals surface area contributed by atoms with Gasteiger partial charge in [-0.2, -0.15) is 0 Å². The minimum absolute atomic E-state index is 0.153. The van der Waals surface area contributed by atoms with E-state index in [1.165, 1.54) is 43.9 Å². The van der Waals surface area contributed by atoms with Gasteiger partial charge in [-0.1, -0.05) is 24.4 Å². The van der Waals surface area contributed by atoms with E-state index in [-0.39, 0.29) is 10.6 Å². The molecule has 21 heavy (non-hydrogen) atoms. The molecule has 0 aromatic heterocycles. The lowest BCUT2D eigenvalue weighted by atomic mass is 10.2. The maximum Gasteiger partial charge on any atom is 0.240 e. The fraction of sp³-hybridized carbons (Fsp3) is 0.571. The van der Waals surface area contributed by atoms with Gasteiger partial charge in [0.05, 0.1) is 15.6 Å². The summed E-state index contributed by atoms with van der Waals surface area (Å²) in [5.41, 5.74) is 5.92. The molecule has 1 saturated heterocycles. The van der Waals surface area contributed by atoms with Gasteiger partial charge in [0.2, 0.25) is 10.0 Å². The number of benzene rings is 1. The zero-order valence-electron chi connectivity index (χ0n) is 12.0. The molecule has 0 atom stereocenters. The van der Waals surface area contributed by atoms with Crippen molar-refractivity contribution < 1.29 is 8.42 Å². The Morgan fingerprint density at radius 2 is 1.86 bits per heavy atom. The van der Waals surface area contributed by atoms with Crippen LogP contribution in [0, 0.1) is 0 Å². The van der Waals surface area contributed by atoms with E-state index in [0.717, 1.165) is 19.6 Å². The zero-order valence-corrected chi connectivity index (χ0v) is 13.6. The fourth-order valence-corrected chi connectivity index (χ4v) is 3.64. The van der Waals surface area contributed by atoms with Crippen molar-refractivity contribution in [1.29, 1.82) is 0 Å². The van der Waals surface area contributed by atoms with Crippen LogP contribution in [-0.4, -0.2) is 39.5 Å². The van der Waals surface area contributed by atoms with Crippen LogP contribution in [0.4, 0.5) is 5.69 Å². The number of hydrogen-bond acceptors (Lipinski definition) is 4. The average Bonchev–Trinajstić information content (AvgIpc) is 2.70. The minimum atomic E-state index is -3.52. The van der Waals surface area contributed by atoms with Crippen molar-refractivity contribution in [3.8, 4) is 0 Å². The van der Waals surface area contributed by atoms with Gasteiger partial charge in [-0.15, -0.1) is 0 Å². The van der Waals surface area contributed by atoms with E-state index >= 15 is 0 Å². The lowest BCUT2D eigenvalue weighted by Crippen LogP contribution is -2.35. The summed E-state index contributed by atoms with van der Waals surface area (Å²) in [5, 5.41) is 0.360. The Kier molecular flexibility index (Phi) is 5.87. The number of rotatable bonds is 5. The molecule has 118 valence electrons. The number of halogens is 1. The average molecular weight is 332 g/mol. The highest BCUT2D eigenvalue weighted by Crippen LogP contribution is 2.22. The van der Waals surface area contributed by atoms with E-state index in [1.54, 1.807) is 0 Å². The quantitative estimate of drug-likeness (QED) is 0.810. The van der Waals surface area contributed by atoms with Crippen molar-refractivity contribution >= 4 is 27.3 Å². The van der Waals surface area contributed by atoms with Crippen molar-refractivity contribution in [2.45, 2.75) is 30.6 Å². The molecular formula is C14H22ClN3O2S. The van der Waals surface area contributed by atoms with Crippen LogP contribution in [0.5, 0.6) is 0 Å². The lowest BCUT2D eigenvalue weighted by Gasteiger charge is -2.19. The second kappa shape index (κ2) is 7.45. The molecule has 1 aliphatic heterocycles. The summed E-state index contributed by atoms with van der Waals surface area (Å²) in [7, 11) is -3.52. The summed E-state index contributed by atoms with van der Waals surface area (Å²) in [5.74, 6) is 0. The highest BCUT2D eigenvalue weighted by atomic mass is 35.5. The van der Waals surface area contributed by atoms with Crippen LogP contribution < -0.4 is 10.5 Å². The summed E-state index contributed by atoms with van der Waals surface area (Å²) >= 11 is 5.81. The van der Waals surface area contributed by atoms with Crippen molar-refractivity contribution in [3.63, 3.8) is 0 Å². The Morgan fingerprint density at radius 1 is 1.19 bits per heavy atom. The first-order valence-corrected chi connectivity index (χ1v) is 9.12. The molecule has 0 aliphatic carbocycles. The van der Waals surface area contributed by atoms with Crippen molar-refractivity contribution in [1.82, 2.24) is 9.62 Å². The Balaban J connectivity index is 1.90. The topological polar surface area (TPSA) is 75.4 Å². The van der Waals surface area contributed by atoms with Crippen molar-refractivity contribution in [3.05, 3.63) is 23.2 Å². The Bertz CT molecular complexity index is 570. The molecule has 1 aliphatic rings. The third-order valence-electron chi connectivity index (χ3n) is 3.70. The molecule has 0 spiro atoms. The standard InChI is InChI=1S/C14H22ClN3O2S/c15-13-6-5-12(11-14(13)16)21(19,20)17-7-10-18-8-3-1-2-4-9-18/h5-6,11,17H,1-4,7-10,16H2. The molecule has 1 heterocycles. The first-order valence-electron chi connectivity index (χ1n) is 7.26. The molecule has 0 radical (unpaired) electrons. The monoisotopic (exact) mass is 331 g/mol. The molecule has 2 rings (SSSR count). The van der Waals surface area contributed by atoms with Gasteiger partial charge >= 0.3 is 0 Å². The molecule has 1 aromatic carbocycles. The minimum Gasteiger partial charge on any atom is -0.397 e. The number of sulfonamides is 1. The zero-order chi connectivity index (χ0) is 15.3. The molecule has 0 unspecified atom stereocenters. The first kappa shape index (κ1) is 16.5. The number of nitrogens with two attached hydrogens (primary N) is 1. The van der Waals surface area contributed by atoms with Gasteiger partial charge in [-0.05, 0) is 44.1 Å². The SMILES string of the molecule is Nc1cc(S(=O)(=O)NCCN2CCCCCC2)ccc1Cl. The van der Waals surface area contributed by atoms with Gasteiger partial charge < -0.3 is 10.6 Å². The Labute approximate surface area is 131 Å². The van der Waals surface area contributed by atoms with Crippen LogP contribution in [0.3, 0.4) is 0 Å². The molecule has 3 N–H and O–H groups in total. The molecule has 7 heteroatoms. The second-order valence-electron chi connectivity index (χ2n) is 5.34. The van der Waals surface area contributed by atoms with Gasteiger partial charge in [-0.25, -0.2) is 13.1 Å². The summed E-state index contributed by atoms with van der Waals surface area (Å²) < 4.78 is 27.0. The van der Waals surface area contributed by atoms with Crippen LogP contribution in [0.15, 0.2) is 23.1 Å². The number of hydrogen-bond donors (Lipinski definition) is 2. The highest BCUT2D eigenvalue weighted by Gasteiger charge is 2.16. The van der Waals surface area contributed by atoms with E-state index in [1.807, 2.05) is 0 Å². The van der Waals surface area contributed by atoms with Gasteiger partial charge in [0, 0.05) is 13.1 Å². The summed E-state index contributed by atoms with van der Waals surface area (Å²) in [6.07, 6.45) is 4.93. The maximum absolute atomic E-state index is 12.2. The van der Waals surface area contributed by atoms with Gasteiger partial charge in [-0.3, -0.25) is 0 Å². The smallest absolute Gasteiger partial charge is 0.240 e. The predicted molar refractivity (Wildman–Crippen MR) is 86.0 cm³/mol. The first-order chi connectivity index (χ1) is 9.99. The number of likely N-dealkylation sites (tertiary alicyclic amines) is 1. The van der Waals surface area contributed by atoms with Gasteiger partial charge in [0.1, 0.15) is 0 Å². The van der Waals surface area contributed by atoms with E-state index in [2.05, 4.69) is 9.62 Å². The summed E-state index contributed by atoms with van der Waals surface area (Å²) in [6, 6.07) is 4.35. The summed E-state index contributed by atoms with van der Waals surface area (Å²) in [6.45, 7) is 3.25. The Hall–Kier alpha value is -0.820. The fourth-order valence-electron chi connectivity index (χ4n) is 2.47. The Morgan fingerprint density at radius 3 is 2.48 bits per heavy atom. The molecule has 5 nitrogen and oxygen atoms in total. The van der Waals surface area contributed by atoms with E-state index in [4.69, 9.17) is 17.3 Å². The predicted octanol–water partition coefficient (Wildman–Crippen LogP) is 2.08. The third-order valence-corrected chi connectivity index (χ3v) is 5.50. The largest absolute Gasteiger partial charge is 0.397 e. The van der Waals surface area contributed by atoms with Crippen LogP contribution in [0.25, 0.3) is 0 Å². The second-order valence-corrected chi connectivity index (χ2v) is 7.51. The molecule has 1 aromatic rings.